The number of rotatable bonds is 3. The molecule has 1 aliphatic carbocycles. The van der Waals surface area contributed by atoms with Crippen LogP contribution in [0.25, 0.3) is 0 Å². The van der Waals surface area contributed by atoms with Crippen molar-refractivity contribution in [1.82, 2.24) is 5.32 Å². The number of nitrogens with zero attached hydrogens (tertiary/aromatic N) is 1. The van der Waals surface area contributed by atoms with Crippen LogP contribution in [0.2, 0.25) is 5.02 Å². The Labute approximate surface area is 114 Å². The molecule has 0 spiro atoms. The SMILES string of the molecule is CCC1CNC(C2CC2)CN1c1ccccc1Cl. The second-order valence-corrected chi connectivity index (χ2v) is 5.93. The molecule has 2 atom stereocenters. The molecule has 2 unspecified atom stereocenters. The fraction of sp³-hybridized carbons (Fsp3) is 0.600. The van der Waals surface area contributed by atoms with Crippen molar-refractivity contribution >= 4 is 17.3 Å². The van der Waals surface area contributed by atoms with E-state index in [1.807, 2.05) is 12.1 Å². The highest BCUT2D eigenvalue weighted by Gasteiger charge is 2.37. The van der Waals surface area contributed by atoms with E-state index in [4.69, 9.17) is 11.6 Å². The van der Waals surface area contributed by atoms with E-state index in [1.54, 1.807) is 0 Å². The molecule has 1 aliphatic heterocycles. The van der Waals surface area contributed by atoms with E-state index in [9.17, 15) is 0 Å². The molecule has 0 radical (unpaired) electrons. The van der Waals surface area contributed by atoms with Crippen LogP contribution in [0.15, 0.2) is 24.3 Å². The van der Waals surface area contributed by atoms with Crippen LogP contribution in [0.1, 0.15) is 26.2 Å². The summed E-state index contributed by atoms with van der Waals surface area (Å²) in [6.07, 6.45) is 3.95. The first-order chi connectivity index (χ1) is 8.79. The zero-order valence-corrected chi connectivity index (χ0v) is 11.7. The average molecular weight is 265 g/mol. The molecule has 1 aromatic rings. The smallest absolute Gasteiger partial charge is 0.0639 e. The Morgan fingerprint density at radius 2 is 2.11 bits per heavy atom. The van der Waals surface area contributed by atoms with Crippen LogP contribution in [0.5, 0.6) is 0 Å². The number of benzene rings is 1. The fourth-order valence-corrected chi connectivity index (χ4v) is 3.23. The van der Waals surface area contributed by atoms with Crippen molar-refractivity contribution in [2.75, 3.05) is 18.0 Å². The van der Waals surface area contributed by atoms with Gasteiger partial charge in [-0.25, -0.2) is 0 Å². The van der Waals surface area contributed by atoms with Crippen molar-refractivity contribution in [3.8, 4) is 0 Å². The molecule has 2 nitrogen and oxygen atoms in total. The van der Waals surface area contributed by atoms with Gasteiger partial charge in [-0.1, -0.05) is 30.7 Å². The van der Waals surface area contributed by atoms with Crippen molar-refractivity contribution in [2.45, 2.75) is 38.3 Å². The fourth-order valence-electron chi connectivity index (χ4n) is 2.98. The Balaban J connectivity index is 1.83. The molecule has 1 saturated heterocycles. The number of para-hydroxylation sites is 1. The molecule has 1 aromatic carbocycles. The summed E-state index contributed by atoms with van der Waals surface area (Å²) < 4.78 is 0. The first-order valence-corrected chi connectivity index (χ1v) is 7.42. The third-order valence-corrected chi connectivity index (χ3v) is 4.59. The summed E-state index contributed by atoms with van der Waals surface area (Å²) in [5.74, 6) is 0.896. The molecule has 1 N–H and O–H groups in total. The number of hydrogen-bond donors (Lipinski definition) is 1. The van der Waals surface area contributed by atoms with E-state index >= 15 is 0 Å². The van der Waals surface area contributed by atoms with Crippen LogP contribution in [0, 0.1) is 5.92 Å². The van der Waals surface area contributed by atoms with Gasteiger partial charge in [0.25, 0.3) is 0 Å². The first kappa shape index (κ1) is 12.3. The highest BCUT2D eigenvalue weighted by Crippen LogP contribution is 2.36. The minimum absolute atomic E-state index is 0.569. The highest BCUT2D eigenvalue weighted by molar-refractivity contribution is 6.33. The third kappa shape index (κ3) is 2.36. The molecule has 1 heterocycles. The number of hydrogen-bond acceptors (Lipinski definition) is 2. The maximum atomic E-state index is 6.36. The van der Waals surface area contributed by atoms with E-state index in [0.29, 0.717) is 12.1 Å². The molecule has 0 bridgehead atoms. The number of halogens is 1. The Morgan fingerprint density at radius 1 is 1.33 bits per heavy atom. The molecule has 18 heavy (non-hydrogen) atoms. The minimum Gasteiger partial charge on any atom is -0.365 e. The summed E-state index contributed by atoms with van der Waals surface area (Å²) in [5, 5.41) is 4.60. The van der Waals surface area contributed by atoms with Crippen LogP contribution in [0.4, 0.5) is 5.69 Å². The summed E-state index contributed by atoms with van der Waals surface area (Å²) >= 11 is 6.36. The van der Waals surface area contributed by atoms with Gasteiger partial charge in [-0.05, 0) is 37.3 Å². The van der Waals surface area contributed by atoms with Crippen molar-refractivity contribution in [1.29, 1.82) is 0 Å². The van der Waals surface area contributed by atoms with Gasteiger partial charge in [0, 0.05) is 25.2 Å². The quantitative estimate of drug-likeness (QED) is 0.901. The van der Waals surface area contributed by atoms with Crippen LogP contribution in [-0.4, -0.2) is 25.2 Å². The third-order valence-electron chi connectivity index (χ3n) is 4.27. The van der Waals surface area contributed by atoms with Gasteiger partial charge in [-0.15, -0.1) is 0 Å². The zero-order valence-electron chi connectivity index (χ0n) is 10.9. The Morgan fingerprint density at radius 3 is 2.78 bits per heavy atom. The first-order valence-electron chi connectivity index (χ1n) is 7.04. The predicted octanol–water partition coefficient (Wildman–Crippen LogP) is 3.31. The van der Waals surface area contributed by atoms with Crippen molar-refractivity contribution in [2.24, 2.45) is 5.92 Å². The molecule has 3 rings (SSSR count). The van der Waals surface area contributed by atoms with Crippen LogP contribution < -0.4 is 10.2 Å². The second kappa shape index (κ2) is 5.10. The normalized spacial score (nSPS) is 28.4. The molecule has 2 fully saturated rings. The zero-order chi connectivity index (χ0) is 12.5. The van der Waals surface area contributed by atoms with Gasteiger partial charge >= 0.3 is 0 Å². The molecule has 0 amide bonds. The van der Waals surface area contributed by atoms with Gasteiger partial charge in [0.2, 0.25) is 0 Å². The van der Waals surface area contributed by atoms with Gasteiger partial charge in [-0.2, -0.15) is 0 Å². The molecule has 1 saturated carbocycles. The van der Waals surface area contributed by atoms with E-state index in [0.717, 1.165) is 30.5 Å². The summed E-state index contributed by atoms with van der Waals surface area (Å²) in [4.78, 5) is 2.52. The van der Waals surface area contributed by atoms with Gasteiger partial charge in [0.05, 0.1) is 10.7 Å². The van der Waals surface area contributed by atoms with Crippen molar-refractivity contribution in [3.63, 3.8) is 0 Å². The van der Waals surface area contributed by atoms with E-state index in [-0.39, 0.29) is 0 Å². The van der Waals surface area contributed by atoms with Gasteiger partial charge in [0.1, 0.15) is 0 Å². The lowest BCUT2D eigenvalue weighted by atomic mass is 10.0. The summed E-state index contributed by atoms with van der Waals surface area (Å²) in [7, 11) is 0. The summed E-state index contributed by atoms with van der Waals surface area (Å²) in [6.45, 7) is 4.45. The molecule has 2 aliphatic rings. The predicted molar refractivity (Wildman–Crippen MR) is 77.4 cm³/mol. The minimum atomic E-state index is 0.569. The molecular formula is C15H21ClN2. The highest BCUT2D eigenvalue weighted by atomic mass is 35.5. The molecular weight excluding hydrogens is 244 g/mol. The number of piperazine rings is 1. The molecule has 0 aromatic heterocycles. The lowest BCUT2D eigenvalue weighted by Gasteiger charge is -2.42. The van der Waals surface area contributed by atoms with E-state index < -0.39 is 0 Å². The van der Waals surface area contributed by atoms with Crippen molar-refractivity contribution < 1.29 is 0 Å². The van der Waals surface area contributed by atoms with E-state index in [1.165, 1.54) is 18.5 Å². The molecule has 3 heteroatoms. The molecule has 98 valence electrons. The number of nitrogens with one attached hydrogen (secondary N) is 1. The van der Waals surface area contributed by atoms with Crippen LogP contribution in [0.3, 0.4) is 0 Å². The Kier molecular flexibility index (Phi) is 3.49. The lowest BCUT2D eigenvalue weighted by Crippen LogP contribution is -2.57. The largest absolute Gasteiger partial charge is 0.365 e. The van der Waals surface area contributed by atoms with Gasteiger partial charge in [-0.3, -0.25) is 0 Å². The maximum Gasteiger partial charge on any atom is 0.0639 e. The van der Waals surface area contributed by atoms with Crippen LogP contribution >= 0.6 is 11.6 Å². The lowest BCUT2D eigenvalue weighted by molar-refractivity contribution is 0.360. The monoisotopic (exact) mass is 264 g/mol. The number of anilines is 1. The van der Waals surface area contributed by atoms with Gasteiger partial charge in [0.15, 0.2) is 0 Å². The standard InChI is InChI=1S/C15H21ClN2/c1-2-12-9-17-14(11-7-8-11)10-18(12)15-6-4-3-5-13(15)16/h3-6,11-12,14,17H,2,7-10H2,1H3. The average Bonchev–Trinajstić information content (AvgIpc) is 3.23. The Bertz CT molecular complexity index is 417. The van der Waals surface area contributed by atoms with Crippen molar-refractivity contribution in [3.05, 3.63) is 29.3 Å². The maximum absolute atomic E-state index is 6.36. The Hall–Kier alpha value is -0.730. The summed E-state index contributed by atoms with van der Waals surface area (Å²) in [5.41, 5.74) is 1.21. The van der Waals surface area contributed by atoms with Crippen LogP contribution in [-0.2, 0) is 0 Å². The topological polar surface area (TPSA) is 15.3 Å². The van der Waals surface area contributed by atoms with E-state index in [2.05, 4.69) is 29.3 Å². The summed E-state index contributed by atoms with van der Waals surface area (Å²) in [6, 6.07) is 9.47. The second-order valence-electron chi connectivity index (χ2n) is 5.52. The van der Waals surface area contributed by atoms with Gasteiger partial charge < -0.3 is 10.2 Å².